The van der Waals surface area contributed by atoms with Gasteiger partial charge in [-0.3, -0.25) is 4.79 Å². The molecule has 1 heterocycles. The maximum absolute atomic E-state index is 12.3. The molecule has 2 aromatic carbocycles. The number of nitrogens with zero attached hydrogens (tertiary/aromatic N) is 2. The largest absolute Gasteiger partial charge is 0.507 e. The number of hydrogen-bond donors (Lipinski definition) is 2. The van der Waals surface area contributed by atoms with Crippen LogP contribution in [-0.2, 0) is 0 Å². The average molecular weight is 279 g/mol. The number of para-hydroxylation sites is 3. The standard InChI is InChI=1S/C16H13N3O2/c20-15-9-4-1-6-12(15)16(21)18-13-7-2-3-8-14(13)19-11-5-10-17-19/h1-11,20H,(H,18,21). The van der Waals surface area contributed by atoms with Gasteiger partial charge in [0.1, 0.15) is 5.75 Å². The number of benzene rings is 2. The molecule has 0 fully saturated rings. The molecule has 0 saturated carbocycles. The summed E-state index contributed by atoms with van der Waals surface area (Å²) in [5.74, 6) is -0.417. The van der Waals surface area contributed by atoms with Crippen LogP contribution in [0.15, 0.2) is 67.0 Å². The molecule has 0 bridgehead atoms. The van der Waals surface area contributed by atoms with Crippen molar-refractivity contribution in [1.82, 2.24) is 9.78 Å². The molecule has 3 rings (SSSR count). The zero-order chi connectivity index (χ0) is 14.7. The van der Waals surface area contributed by atoms with Gasteiger partial charge in [0, 0.05) is 12.4 Å². The fourth-order valence-corrected chi connectivity index (χ4v) is 2.05. The lowest BCUT2D eigenvalue weighted by atomic mass is 10.2. The van der Waals surface area contributed by atoms with E-state index in [1.807, 2.05) is 24.3 Å². The molecule has 5 heteroatoms. The Labute approximate surface area is 121 Å². The second-order valence-electron chi connectivity index (χ2n) is 4.44. The Bertz CT molecular complexity index is 767. The summed E-state index contributed by atoms with van der Waals surface area (Å²) in [6.07, 6.45) is 3.46. The molecular formula is C16H13N3O2. The first-order chi connectivity index (χ1) is 10.3. The lowest BCUT2D eigenvalue weighted by Crippen LogP contribution is -2.14. The summed E-state index contributed by atoms with van der Waals surface area (Å²) in [5.41, 5.74) is 1.61. The van der Waals surface area contributed by atoms with Crippen LogP contribution in [0.4, 0.5) is 5.69 Å². The second kappa shape index (κ2) is 5.50. The average Bonchev–Trinajstić information content (AvgIpc) is 3.02. The van der Waals surface area contributed by atoms with Crippen molar-refractivity contribution in [2.75, 3.05) is 5.32 Å². The Balaban J connectivity index is 1.93. The van der Waals surface area contributed by atoms with E-state index in [1.165, 1.54) is 6.07 Å². The molecule has 0 atom stereocenters. The molecule has 1 aromatic heterocycles. The van der Waals surface area contributed by atoms with Gasteiger partial charge >= 0.3 is 0 Å². The Morgan fingerprint density at radius 1 is 1.05 bits per heavy atom. The van der Waals surface area contributed by atoms with E-state index in [9.17, 15) is 9.90 Å². The van der Waals surface area contributed by atoms with Crippen LogP contribution in [0.1, 0.15) is 10.4 Å². The van der Waals surface area contributed by atoms with Crippen molar-refractivity contribution in [3.05, 3.63) is 72.6 Å². The number of phenolic OH excluding ortho intramolecular Hbond substituents is 1. The molecule has 2 N–H and O–H groups in total. The van der Waals surface area contributed by atoms with Gasteiger partial charge in [-0.1, -0.05) is 24.3 Å². The third-order valence-electron chi connectivity index (χ3n) is 3.05. The number of hydrogen-bond acceptors (Lipinski definition) is 3. The fraction of sp³-hybridized carbons (Fsp3) is 0. The van der Waals surface area contributed by atoms with Gasteiger partial charge in [0.15, 0.2) is 0 Å². The molecule has 0 spiro atoms. The molecule has 0 saturated heterocycles. The third kappa shape index (κ3) is 2.62. The number of aromatic nitrogens is 2. The molecule has 0 radical (unpaired) electrons. The minimum Gasteiger partial charge on any atom is -0.507 e. The van der Waals surface area contributed by atoms with Crippen molar-refractivity contribution in [3.8, 4) is 11.4 Å². The number of phenols is 1. The molecule has 3 aromatic rings. The third-order valence-corrected chi connectivity index (χ3v) is 3.05. The summed E-state index contributed by atoms with van der Waals surface area (Å²) < 4.78 is 1.67. The second-order valence-corrected chi connectivity index (χ2v) is 4.44. The van der Waals surface area contributed by atoms with Crippen molar-refractivity contribution in [2.24, 2.45) is 0 Å². The molecule has 0 aliphatic carbocycles. The maximum atomic E-state index is 12.3. The summed E-state index contributed by atoms with van der Waals surface area (Å²) in [6, 6.07) is 15.6. The SMILES string of the molecule is O=C(Nc1ccccc1-n1cccn1)c1ccccc1O. The van der Waals surface area contributed by atoms with Gasteiger partial charge < -0.3 is 10.4 Å². The van der Waals surface area contributed by atoms with E-state index in [1.54, 1.807) is 41.3 Å². The quantitative estimate of drug-likeness (QED) is 0.774. The fourth-order valence-electron chi connectivity index (χ4n) is 2.05. The van der Waals surface area contributed by atoms with Crippen LogP contribution in [0, 0.1) is 0 Å². The van der Waals surface area contributed by atoms with Crippen molar-refractivity contribution in [1.29, 1.82) is 0 Å². The van der Waals surface area contributed by atoms with E-state index in [0.29, 0.717) is 5.69 Å². The summed E-state index contributed by atoms with van der Waals surface area (Å²) in [6.45, 7) is 0. The first kappa shape index (κ1) is 12.9. The number of anilines is 1. The Morgan fingerprint density at radius 3 is 2.57 bits per heavy atom. The lowest BCUT2D eigenvalue weighted by molar-refractivity contribution is 0.102. The highest BCUT2D eigenvalue weighted by molar-refractivity contribution is 6.06. The zero-order valence-electron chi connectivity index (χ0n) is 11.1. The van der Waals surface area contributed by atoms with E-state index in [0.717, 1.165) is 5.69 Å². The van der Waals surface area contributed by atoms with Crippen LogP contribution >= 0.6 is 0 Å². The molecule has 0 aliphatic heterocycles. The van der Waals surface area contributed by atoms with Gasteiger partial charge in [-0.15, -0.1) is 0 Å². The highest BCUT2D eigenvalue weighted by Gasteiger charge is 2.13. The first-order valence-electron chi connectivity index (χ1n) is 6.44. The molecule has 0 aliphatic rings. The minimum atomic E-state index is -0.368. The predicted octanol–water partition coefficient (Wildman–Crippen LogP) is 2.83. The van der Waals surface area contributed by atoms with Gasteiger partial charge in [-0.2, -0.15) is 5.10 Å². The normalized spacial score (nSPS) is 10.3. The van der Waals surface area contributed by atoms with Gasteiger partial charge in [0.25, 0.3) is 5.91 Å². The lowest BCUT2D eigenvalue weighted by Gasteiger charge is -2.11. The number of carbonyl (C=O) groups is 1. The van der Waals surface area contributed by atoms with E-state index < -0.39 is 0 Å². The number of rotatable bonds is 3. The summed E-state index contributed by atoms with van der Waals surface area (Å²) in [5, 5.41) is 16.7. The summed E-state index contributed by atoms with van der Waals surface area (Å²) >= 11 is 0. The van der Waals surface area contributed by atoms with E-state index in [-0.39, 0.29) is 17.2 Å². The van der Waals surface area contributed by atoms with Crippen molar-refractivity contribution in [3.63, 3.8) is 0 Å². The highest BCUT2D eigenvalue weighted by Crippen LogP contribution is 2.22. The molecule has 0 unspecified atom stereocenters. The van der Waals surface area contributed by atoms with E-state index in [2.05, 4.69) is 10.4 Å². The monoisotopic (exact) mass is 279 g/mol. The van der Waals surface area contributed by atoms with Crippen LogP contribution in [0.5, 0.6) is 5.75 Å². The predicted molar refractivity (Wildman–Crippen MR) is 79.6 cm³/mol. The molecule has 5 nitrogen and oxygen atoms in total. The van der Waals surface area contributed by atoms with Gasteiger partial charge in [-0.05, 0) is 30.3 Å². The maximum Gasteiger partial charge on any atom is 0.259 e. The Hall–Kier alpha value is -3.08. The topological polar surface area (TPSA) is 67.2 Å². The summed E-state index contributed by atoms with van der Waals surface area (Å²) in [7, 11) is 0. The van der Waals surface area contributed by atoms with Crippen molar-refractivity contribution in [2.45, 2.75) is 0 Å². The number of aromatic hydroxyl groups is 1. The van der Waals surface area contributed by atoms with E-state index in [4.69, 9.17) is 0 Å². The summed E-state index contributed by atoms with van der Waals surface area (Å²) in [4.78, 5) is 12.3. The van der Waals surface area contributed by atoms with Crippen LogP contribution in [0.25, 0.3) is 5.69 Å². The highest BCUT2D eigenvalue weighted by atomic mass is 16.3. The molecule has 21 heavy (non-hydrogen) atoms. The van der Waals surface area contributed by atoms with Crippen LogP contribution in [-0.4, -0.2) is 20.8 Å². The Kier molecular flexibility index (Phi) is 3.39. The van der Waals surface area contributed by atoms with Crippen molar-refractivity contribution >= 4 is 11.6 Å². The van der Waals surface area contributed by atoms with Crippen molar-refractivity contribution < 1.29 is 9.90 Å². The van der Waals surface area contributed by atoms with Crippen LogP contribution < -0.4 is 5.32 Å². The minimum absolute atomic E-state index is 0.0495. The van der Waals surface area contributed by atoms with Crippen LogP contribution in [0.3, 0.4) is 0 Å². The molecular weight excluding hydrogens is 266 g/mol. The van der Waals surface area contributed by atoms with E-state index >= 15 is 0 Å². The van der Waals surface area contributed by atoms with Gasteiger partial charge in [-0.25, -0.2) is 4.68 Å². The molecule has 1 amide bonds. The smallest absolute Gasteiger partial charge is 0.259 e. The van der Waals surface area contributed by atoms with Gasteiger partial charge in [0.2, 0.25) is 0 Å². The number of carbonyl (C=O) groups excluding carboxylic acids is 1. The zero-order valence-corrected chi connectivity index (χ0v) is 11.1. The number of nitrogens with one attached hydrogen (secondary N) is 1. The number of amides is 1. The van der Waals surface area contributed by atoms with Gasteiger partial charge in [0.05, 0.1) is 16.9 Å². The molecule has 104 valence electrons. The van der Waals surface area contributed by atoms with Crippen LogP contribution in [0.2, 0.25) is 0 Å². The Morgan fingerprint density at radius 2 is 1.81 bits per heavy atom. The first-order valence-corrected chi connectivity index (χ1v) is 6.44.